The van der Waals surface area contributed by atoms with Crippen molar-refractivity contribution in [3.8, 4) is 11.5 Å². The summed E-state index contributed by atoms with van der Waals surface area (Å²) in [6.07, 6.45) is 0. The highest BCUT2D eigenvalue weighted by atomic mass is 35.5. The lowest BCUT2D eigenvalue weighted by molar-refractivity contribution is -0.132. The van der Waals surface area contributed by atoms with E-state index in [-0.39, 0.29) is 27.1 Å². The number of rotatable bonds is 4. The Hall–Kier alpha value is -3.48. The van der Waals surface area contributed by atoms with Gasteiger partial charge in [0.15, 0.2) is 0 Å². The van der Waals surface area contributed by atoms with Crippen LogP contribution >= 0.6 is 23.2 Å². The minimum atomic E-state index is -0.999. The van der Waals surface area contributed by atoms with Gasteiger partial charge in [0.1, 0.15) is 17.3 Å². The van der Waals surface area contributed by atoms with Crippen LogP contribution in [0.25, 0.3) is 5.76 Å². The number of hydrogen-bond donors (Lipinski definition) is 2. The largest absolute Gasteiger partial charge is 0.508 e. The van der Waals surface area contributed by atoms with Gasteiger partial charge in [0.2, 0.25) is 0 Å². The summed E-state index contributed by atoms with van der Waals surface area (Å²) in [5.41, 5.74) is 2.58. The number of aliphatic hydroxyl groups is 1. The number of phenols is 1. The number of aryl methyl sites for hydroxylation is 2. The number of methoxy groups -OCH3 is 1. The highest BCUT2D eigenvalue weighted by Crippen LogP contribution is 2.45. The fourth-order valence-electron chi connectivity index (χ4n) is 4.30. The van der Waals surface area contributed by atoms with Crippen molar-refractivity contribution in [3.05, 3.63) is 92.5 Å². The fourth-order valence-corrected chi connectivity index (χ4v) is 4.81. The van der Waals surface area contributed by atoms with Crippen LogP contribution in [0, 0.1) is 13.8 Å². The summed E-state index contributed by atoms with van der Waals surface area (Å²) in [7, 11) is 1.47. The maximum atomic E-state index is 13.3. The second-order valence-electron chi connectivity index (χ2n) is 8.05. The van der Waals surface area contributed by atoms with Gasteiger partial charge in [0, 0.05) is 15.7 Å². The van der Waals surface area contributed by atoms with E-state index in [0.29, 0.717) is 22.6 Å². The maximum Gasteiger partial charge on any atom is 0.300 e. The van der Waals surface area contributed by atoms with E-state index in [9.17, 15) is 19.8 Å². The first kappa shape index (κ1) is 23.7. The molecule has 2 N–H and O–H groups in total. The van der Waals surface area contributed by atoms with Crippen molar-refractivity contribution >= 4 is 46.3 Å². The number of benzene rings is 3. The van der Waals surface area contributed by atoms with Crippen molar-refractivity contribution in [2.45, 2.75) is 19.9 Å². The first-order valence-corrected chi connectivity index (χ1v) is 11.1. The molecule has 0 radical (unpaired) electrons. The summed E-state index contributed by atoms with van der Waals surface area (Å²) in [6.45, 7) is 3.68. The molecular weight excluding hydrogens is 477 g/mol. The zero-order valence-corrected chi connectivity index (χ0v) is 20.1. The summed E-state index contributed by atoms with van der Waals surface area (Å²) < 4.78 is 5.50. The van der Waals surface area contributed by atoms with Crippen LogP contribution in [0.4, 0.5) is 5.69 Å². The Balaban J connectivity index is 2.02. The van der Waals surface area contributed by atoms with Gasteiger partial charge in [-0.05, 0) is 66.9 Å². The predicted octanol–water partition coefficient (Wildman–Crippen LogP) is 5.95. The monoisotopic (exact) mass is 497 g/mol. The topological polar surface area (TPSA) is 87.1 Å². The molecule has 0 bridgehead atoms. The Morgan fingerprint density at radius 2 is 1.59 bits per heavy atom. The Morgan fingerprint density at radius 1 is 0.971 bits per heavy atom. The molecule has 0 aliphatic carbocycles. The molecule has 1 fully saturated rings. The number of carbonyl (C=O) groups excluding carboxylic acids is 2. The summed E-state index contributed by atoms with van der Waals surface area (Å²) >= 11 is 12.4. The number of ether oxygens (including phenoxy) is 1. The van der Waals surface area contributed by atoms with Gasteiger partial charge in [-0.2, -0.15) is 0 Å². The van der Waals surface area contributed by atoms with Crippen LogP contribution in [0.1, 0.15) is 28.3 Å². The number of anilines is 1. The van der Waals surface area contributed by atoms with Crippen LogP contribution in [0.15, 0.2) is 60.2 Å². The Labute approximate surface area is 206 Å². The molecule has 1 amide bonds. The SMILES string of the molecule is COc1c(C)cc(C)cc1/C(O)=C1\C(=O)C(=O)N(c2cc(Cl)cc(Cl)c2)C1c1ccc(O)cc1. The van der Waals surface area contributed by atoms with E-state index >= 15 is 0 Å². The predicted molar refractivity (Wildman–Crippen MR) is 132 cm³/mol. The molecule has 34 heavy (non-hydrogen) atoms. The van der Waals surface area contributed by atoms with Crippen LogP contribution < -0.4 is 9.64 Å². The third-order valence-electron chi connectivity index (χ3n) is 5.66. The quantitative estimate of drug-likeness (QED) is 0.264. The van der Waals surface area contributed by atoms with Gasteiger partial charge in [0.25, 0.3) is 11.7 Å². The summed E-state index contributed by atoms with van der Waals surface area (Å²) in [5, 5.41) is 21.8. The van der Waals surface area contributed by atoms with E-state index < -0.39 is 17.7 Å². The summed E-state index contributed by atoms with van der Waals surface area (Å²) in [5.74, 6) is -1.67. The van der Waals surface area contributed by atoms with E-state index in [1.54, 1.807) is 18.2 Å². The summed E-state index contributed by atoms with van der Waals surface area (Å²) in [6, 6.07) is 13.2. The van der Waals surface area contributed by atoms with Crippen molar-refractivity contribution < 1.29 is 24.5 Å². The molecule has 3 aromatic rings. The first-order valence-electron chi connectivity index (χ1n) is 10.3. The van der Waals surface area contributed by atoms with Crippen LogP contribution in [-0.4, -0.2) is 29.0 Å². The van der Waals surface area contributed by atoms with Gasteiger partial charge in [0.05, 0.1) is 24.3 Å². The molecule has 1 atom stereocenters. The second-order valence-corrected chi connectivity index (χ2v) is 8.92. The molecular formula is C26H21Cl2NO5. The molecule has 1 aliphatic rings. The van der Waals surface area contributed by atoms with E-state index in [1.165, 1.54) is 42.3 Å². The number of hydrogen-bond acceptors (Lipinski definition) is 5. The molecule has 0 aromatic heterocycles. The molecule has 0 spiro atoms. The molecule has 174 valence electrons. The van der Waals surface area contributed by atoms with Crippen LogP contribution in [0.5, 0.6) is 11.5 Å². The van der Waals surface area contributed by atoms with Crippen molar-refractivity contribution in [1.29, 1.82) is 0 Å². The van der Waals surface area contributed by atoms with E-state index in [1.807, 2.05) is 19.9 Å². The molecule has 3 aromatic carbocycles. The lowest BCUT2D eigenvalue weighted by Crippen LogP contribution is -2.29. The van der Waals surface area contributed by atoms with E-state index in [2.05, 4.69) is 0 Å². The van der Waals surface area contributed by atoms with Crippen molar-refractivity contribution in [1.82, 2.24) is 0 Å². The number of aromatic hydroxyl groups is 1. The zero-order chi connectivity index (χ0) is 24.7. The number of phenolic OH excluding ortho intramolecular Hbond substituents is 1. The number of aliphatic hydroxyl groups excluding tert-OH is 1. The van der Waals surface area contributed by atoms with Gasteiger partial charge in [-0.3, -0.25) is 14.5 Å². The van der Waals surface area contributed by atoms with Gasteiger partial charge in [-0.1, -0.05) is 41.4 Å². The third kappa shape index (κ3) is 4.11. The summed E-state index contributed by atoms with van der Waals surface area (Å²) in [4.78, 5) is 27.8. The second kappa shape index (κ2) is 9.05. The number of halogens is 2. The van der Waals surface area contributed by atoms with Crippen LogP contribution in [0.2, 0.25) is 10.0 Å². The zero-order valence-electron chi connectivity index (χ0n) is 18.6. The van der Waals surface area contributed by atoms with Crippen molar-refractivity contribution in [3.63, 3.8) is 0 Å². The highest BCUT2D eigenvalue weighted by Gasteiger charge is 2.47. The molecule has 8 heteroatoms. The Morgan fingerprint density at radius 3 is 2.18 bits per heavy atom. The Kier molecular flexibility index (Phi) is 6.30. The van der Waals surface area contributed by atoms with E-state index in [4.69, 9.17) is 27.9 Å². The van der Waals surface area contributed by atoms with Crippen LogP contribution in [-0.2, 0) is 9.59 Å². The number of ketones is 1. The Bertz CT molecular complexity index is 1330. The minimum absolute atomic E-state index is 0.0162. The fraction of sp³-hybridized carbons (Fsp3) is 0.154. The molecule has 0 saturated carbocycles. The number of carbonyl (C=O) groups is 2. The average Bonchev–Trinajstić information content (AvgIpc) is 3.03. The van der Waals surface area contributed by atoms with Crippen LogP contribution in [0.3, 0.4) is 0 Å². The standard InChI is InChI=1S/C26H21Cl2NO5/c1-13-8-14(2)25(34-3)20(9-13)23(31)21-22(15-4-6-19(30)7-5-15)29(26(33)24(21)32)18-11-16(27)10-17(28)12-18/h4-12,22,30-31H,1-3H3/b23-21+. The van der Waals surface area contributed by atoms with Crippen molar-refractivity contribution in [2.75, 3.05) is 12.0 Å². The molecule has 1 unspecified atom stereocenters. The van der Waals surface area contributed by atoms with Gasteiger partial charge < -0.3 is 14.9 Å². The van der Waals surface area contributed by atoms with E-state index in [0.717, 1.165) is 11.1 Å². The lowest BCUT2D eigenvalue weighted by atomic mass is 9.93. The number of Topliss-reactive ketones (excluding diaryl/α,β-unsaturated/α-hetero) is 1. The van der Waals surface area contributed by atoms with Crippen molar-refractivity contribution in [2.24, 2.45) is 0 Å². The average molecular weight is 498 g/mol. The minimum Gasteiger partial charge on any atom is -0.508 e. The molecule has 1 heterocycles. The highest BCUT2D eigenvalue weighted by molar-refractivity contribution is 6.52. The molecule has 1 saturated heterocycles. The number of amides is 1. The molecule has 4 rings (SSSR count). The third-order valence-corrected chi connectivity index (χ3v) is 6.09. The van der Waals surface area contributed by atoms with Gasteiger partial charge >= 0.3 is 0 Å². The first-order chi connectivity index (χ1) is 16.1. The molecule has 6 nitrogen and oxygen atoms in total. The number of nitrogens with zero attached hydrogens (tertiary/aromatic N) is 1. The maximum absolute atomic E-state index is 13.3. The van der Waals surface area contributed by atoms with Gasteiger partial charge in [-0.15, -0.1) is 0 Å². The normalized spacial score (nSPS) is 17.3. The molecule has 1 aliphatic heterocycles. The lowest BCUT2D eigenvalue weighted by Gasteiger charge is -2.26. The smallest absolute Gasteiger partial charge is 0.300 e. The van der Waals surface area contributed by atoms with Gasteiger partial charge in [-0.25, -0.2) is 0 Å².